The predicted octanol–water partition coefficient (Wildman–Crippen LogP) is 5.72. The van der Waals surface area contributed by atoms with E-state index in [1.807, 2.05) is 24.3 Å². The third-order valence-corrected chi connectivity index (χ3v) is 7.03. The van der Waals surface area contributed by atoms with E-state index in [2.05, 4.69) is 39.6 Å². The first-order valence-electron chi connectivity index (χ1n) is 9.59. The van der Waals surface area contributed by atoms with Crippen molar-refractivity contribution in [2.75, 3.05) is 0 Å². The van der Waals surface area contributed by atoms with Crippen LogP contribution in [-0.2, 0) is 0 Å². The van der Waals surface area contributed by atoms with Crippen LogP contribution in [-0.4, -0.2) is 31.4 Å². The summed E-state index contributed by atoms with van der Waals surface area (Å²) in [5.74, 6) is 1.56. The van der Waals surface area contributed by atoms with Crippen LogP contribution in [0.1, 0.15) is 43.8 Å². The molecule has 2 heterocycles. The molecule has 2 aromatic heterocycles. The topological polar surface area (TPSA) is 30.7 Å². The number of aromatic nitrogens is 3. The third kappa shape index (κ3) is 3.05. The normalized spacial score (nSPS) is 15.5. The van der Waals surface area contributed by atoms with Crippen molar-refractivity contribution in [1.82, 2.24) is 14.5 Å². The van der Waals surface area contributed by atoms with Crippen molar-refractivity contribution in [2.24, 2.45) is 0 Å². The molecule has 6 heteroatoms. The van der Waals surface area contributed by atoms with Gasteiger partial charge in [-0.05, 0) is 0 Å². The maximum absolute atomic E-state index is 6.39. The second kappa shape index (κ2) is 7.37. The minimum absolute atomic E-state index is 0.446. The molecule has 4 aromatic rings. The summed E-state index contributed by atoms with van der Waals surface area (Å²) in [6.45, 7) is 0. The molecular formula is C22H18AsCl2N3. The van der Waals surface area contributed by atoms with E-state index in [4.69, 9.17) is 33.2 Å². The Morgan fingerprint density at radius 3 is 2.50 bits per heavy atom. The van der Waals surface area contributed by atoms with Gasteiger partial charge in [0, 0.05) is 0 Å². The number of fused-ring (bicyclic) bond motifs is 3. The molecule has 1 fully saturated rings. The Balaban J connectivity index is 1.89. The average molecular weight is 470 g/mol. The van der Waals surface area contributed by atoms with Gasteiger partial charge in [0.15, 0.2) is 0 Å². The van der Waals surface area contributed by atoms with Crippen LogP contribution in [0.2, 0.25) is 10.0 Å². The molecule has 0 N–H and O–H groups in total. The van der Waals surface area contributed by atoms with Crippen molar-refractivity contribution in [3.8, 4) is 5.69 Å². The van der Waals surface area contributed by atoms with Gasteiger partial charge in [0.05, 0.1) is 0 Å². The molecular weight excluding hydrogens is 452 g/mol. The number of nitrogens with zero attached hydrogens (tertiary/aromatic N) is 3. The van der Waals surface area contributed by atoms with Gasteiger partial charge in [-0.1, -0.05) is 0 Å². The number of para-hydroxylation sites is 1. The van der Waals surface area contributed by atoms with E-state index in [-0.39, 0.29) is 0 Å². The zero-order valence-corrected chi connectivity index (χ0v) is 18.6. The standard InChI is InChI=1S/C22H18AsCl2N3/c23-21-19-20(15-8-4-5-9-18(15)26-21)28(14-10-11-16(24)17(25)12-14)22(27-19)13-6-2-1-3-7-13/h4-5,8-13H,1-3,6-7H2. The Bertz CT molecular complexity index is 1200. The summed E-state index contributed by atoms with van der Waals surface area (Å²) in [5.41, 5.74) is 4.02. The predicted molar refractivity (Wildman–Crippen MR) is 118 cm³/mol. The number of hydrogen-bond acceptors (Lipinski definition) is 2. The van der Waals surface area contributed by atoms with Gasteiger partial charge < -0.3 is 0 Å². The Morgan fingerprint density at radius 2 is 1.71 bits per heavy atom. The monoisotopic (exact) mass is 469 g/mol. The molecule has 0 amide bonds. The average Bonchev–Trinajstić information content (AvgIpc) is 3.12. The van der Waals surface area contributed by atoms with Gasteiger partial charge in [-0.3, -0.25) is 0 Å². The van der Waals surface area contributed by atoms with Crippen LogP contribution in [0.25, 0.3) is 27.6 Å². The molecule has 0 atom stereocenters. The molecule has 1 aliphatic carbocycles. The molecule has 0 unspecified atom stereocenters. The summed E-state index contributed by atoms with van der Waals surface area (Å²) in [4.78, 5) is 9.90. The van der Waals surface area contributed by atoms with Crippen molar-refractivity contribution in [2.45, 2.75) is 38.0 Å². The molecule has 2 radical (unpaired) electrons. The van der Waals surface area contributed by atoms with Gasteiger partial charge in [0.25, 0.3) is 0 Å². The fraction of sp³-hybridized carbons (Fsp3) is 0.273. The van der Waals surface area contributed by atoms with Crippen LogP contribution >= 0.6 is 23.2 Å². The molecule has 0 bridgehead atoms. The van der Waals surface area contributed by atoms with Gasteiger partial charge in [-0.25, -0.2) is 0 Å². The minimum atomic E-state index is 0.446. The number of imidazole rings is 1. The summed E-state index contributed by atoms with van der Waals surface area (Å²) in [6, 6.07) is 14.1. The van der Waals surface area contributed by atoms with Gasteiger partial charge in [0.1, 0.15) is 0 Å². The third-order valence-electron chi connectivity index (χ3n) is 5.63. The van der Waals surface area contributed by atoms with Crippen molar-refractivity contribution >= 4 is 66.5 Å². The van der Waals surface area contributed by atoms with E-state index in [1.165, 1.54) is 32.1 Å². The second-order valence-corrected chi connectivity index (χ2v) is 9.09. The summed E-state index contributed by atoms with van der Waals surface area (Å²) in [5, 5.41) is 2.22. The van der Waals surface area contributed by atoms with E-state index in [0.717, 1.165) is 37.9 Å². The molecule has 1 saturated carbocycles. The van der Waals surface area contributed by atoms with Crippen LogP contribution in [0, 0.1) is 0 Å². The quantitative estimate of drug-likeness (QED) is 0.351. The van der Waals surface area contributed by atoms with Gasteiger partial charge in [-0.15, -0.1) is 0 Å². The molecule has 2 aromatic carbocycles. The summed E-state index contributed by atoms with van der Waals surface area (Å²) in [7, 11) is 0. The Kier molecular flexibility index (Phi) is 4.87. The van der Waals surface area contributed by atoms with Crippen molar-refractivity contribution in [1.29, 1.82) is 0 Å². The van der Waals surface area contributed by atoms with Crippen LogP contribution in [0.15, 0.2) is 42.5 Å². The fourth-order valence-electron chi connectivity index (χ4n) is 4.30. The first-order chi connectivity index (χ1) is 13.6. The summed E-state index contributed by atoms with van der Waals surface area (Å²) < 4.78 is 3.19. The molecule has 5 rings (SSSR count). The molecule has 28 heavy (non-hydrogen) atoms. The number of halogens is 2. The molecule has 1 aliphatic rings. The van der Waals surface area contributed by atoms with Crippen molar-refractivity contribution < 1.29 is 0 Å². The molecule has 3 nitrogen and oxygen atoms in total. The fourth-order valence-corrected chi connectivity index (χ4v) is 5.15. The number of pyridine rings is 1. The summed E-state index contributed by atoms with van der Waals surface area (Å²) >= 11 is 15.2. The van der Waals surface area contributed by atoms with E-state index in [1.54, 1.807) is 0 Å². The van der Waals surface area contributed by atoms with E-state index in [9.17, 15) is 0 Å². The first kappa shape index (κ1) is 18.5. The van der Waals surface area contributed by atoms with E-state index in [0.29, 0.717) is 16.0 Å². The van der Waals surface area contributed by atoms with E-state index >= 15 is 0 Å². The van der Waals surface area contributed by atoms with Crippen LogP contribution in [0.5, 0.6) is 0 Å². The Labute approximate surface area is 182 Å². The molecule has 0 aliphatic heterocycles. The number of hydrogen-bond donors (Lipinski definition) is 0. The zero-order valence-electron chi connectivity index (χ0n) is 15.2. The number of benzene rings is 2. The maximum atomic E-state index is 6.39. The van der Waals surface area contributed by atoms with Gasteiger partial charge in [-0.2, -0.15) is 0 Å². The molecule has 0 spiro atoms. The van der Waals surface area contributed by atoms with Crippen molar-refractivity contribution in [3.05, 3.63) is 58.3 Å². The Hall–Kier alpha value is -1.54. The van der Waals surface area contributed by atoms with Crippen molar-refractivity contribution in [3.63, 3.8) is 0 Å². The zero-order chi connectivity index (χ0) is 19.3. The first-order valence-corrected chi connectivity index (χ1v) is 11.3. The van der Waals surface area contributed by atoms with Crippen LogP contribution in [0.3, 0.4) is 0 Å². The molecule has 0 saturated heterocycles. The van der Waals surface area contributed by atoms with Crippen LogP contribution < -0.4 is 4.48 Å². The van der Waals surface area contributed by atoms with Gasteiger partial charge in [0.2, 0.25) is 0 Å². The second-order valence-electron chi connectivity index (χ2n) is 7.39. The van der Waals surface area contributed by atoms with E-state index < -0.39 is 0 Å². The van der Waals surface area contributed by atoms with Gasteiger partial charge >= 0.3 is 183 Å². The SMILES string of the molecule is Clc1ccc(-n2c(C3CCCCC3)nc3c([As])nc4ccccc4c32)cc1Cl. The Morgan fingerprint density at radius 1 is 0.929 bits per heavy atom. The summed E-state index contributed by atoms with van der Waals surface area (Å²) in [6.07, 6.45) is 6.16. The number of rotatable bonds is 2. The van der Waals surface area contributed by atoms with Crippen LogP contribution in [0.4, 0.5) is 0 Å². The molecule has 140 valence electrons.